The van der Waals surface area contributed by atoms with Crippen LogP contribution in [0.4, 0.5) is 0 Å². The Morgan fingerprint density at radius 3 is 2.42 bits per heavy atom. The molecule has 0 spiro atoms. The third kappa shape index (κ3) is 4.37. The van der Waals surface area contributed by atoms with Crippen molar-refractivity contribution in [2.75, 3.05) is 26.2 Å². The molecule has 0 radical (unpaired) electrons. The largest absolute Gasteiger partial charge is 0.395 e. The van der Waals surface area contributed by atoms with E-state index in [4.69, 9.17) is 10.4 Å². The van der Waals surface area contributed by atoms with Crippen LogP contribution in [0.2, 0.25) is 0 Å². The Bertz CT molecular complexity index is 694. The zero-order chi connectivity index (χ0) is 16.8. The molecule has 1 fully saturated rings. The molecular weight excluding hydrogens is 318 g/mol. The van der Waals surface area contributed by atoms with Crippen LogP contribution in [0, 0.1) is 11.3 Å². The molecule has 0 saturated carbocycles. The van der Waals surface area contributed by atoms with E-state index in [1.54, 1.807) is 11.9 Å². The topological polar surface area (TPSA) is 59.3 Å². The standard InChI is InChI=1S/C19H21N3OS/c20-13-15-1-3-16(4-2-15)17-5-7-19(8-6-17)24-22-11-9-18(14-22)21-10-12-23/h1-8,18,21,23H,9-12,14H2/t18-/m1/s1. The quantitative estimate of drug-likeness (QED) is 0.793. The average molecular weight is 339 g/mol. The highest BCUT2D eigenvalue weighted by atomic mass is 32.2. The summed E-state index contributed by atoms with van der Waals surface area (Å²) in [5, 5.41) is 21.1. The molecule has 1 aliphatic heterocycles. The summed E-state index contributed by atoms with van der Waals surface area (Å²) in [5.74, 6) is 0. The maximum absolute atomic E-state index is 8.88. The normalized spacial score (nSPS) is 17.8. The first-order valence-electron chi connectivity index (χ1n) is 8.16. The zero-order valence-corrected chi connectivity index (χ0v) is 14.3. The Morgan fingerprint density at radius 2 is 1.79 bits per heavy atom. The van der Waals surface area contributed by atoms with Gasteiger partial charge in [0.05, 0.1) is 18.2 Å². The highest BCUT2D eigenvalue weighted by molar-refractivity contribution is 7.97. The number of aliphatic hydroxyl groups is 1. The Hall–Kier alpha value is -1.84. The van der Waals surface area contributed by atoms with Crippen molar-refractivity contribution in [1.82, 2.24) is 9.62 Å². The summed E-state index contributed by atoms with van der Waals surface area (Å²) in [6.07, 6.45) is 1.12. The van der Waals surface area contributed by atoms with Crippen LogP contribution in [0.5, 0.6) is 0 Å². The van der Waals surface area contributed by atoms with Crippen LogP contribution in [0.15, 0.2) is 53.4 Å². The predicted molar refractivity (Wildman–Crippen MR) is 97.5 cm³/mol. The fraction of sp³-hybridized carbons (Fsp3) is 0.316. The molecule has 0 unspecified atom stereocenters. The van der Waals surface area contributed by atoms with E-state index < -0.39 is 0 Å². The molecule has 2 aromatic rings. The number of nitrogens with one attached hydrogen (secondary N) is 1. The Balaban J connectivity index is 1.58. The molecule has 0 bridgehead atoms. The summed E-state index contributed by atoms with van der Waals surface area (Å²) in [6, 6.07) is 18.8. The average Bonchev–Trinajstić information content (AvgIpc) is 3.08. The van der Waals surface area contributed by atoms with Gasteiger partial charge >= 0.3 is 0 Å². The summed E-state index contributed by atoms with van der Waals surface area (Å²) < 4.78 is 2.37. The molecule has 124 valence electrons. The summed E-state index contributed by atoms with van der Waals surface area (Å²) in [7, 11) is 0. The van der Waals surface area contributed by atoms with Crippen molar-refractivity contribution in [2.45, 2.75) is 17.4 Å². The second-order valence-corrected chi connectivity index (χ2v) is 7.03. The first-order valence-corrected chi connectivity index (χ1v) is 8.93. The molecule has 1 atom stereocenters. The molecule has 3 rings (SSSR count). The van der Waals surface area contributed by atoms with Gasteiger partial charge in [-0.05, 0) is 53.8 Å². The minimum Gasteiger partial charge on any atom is -0.395 e. The summed E-state index contributed by atoms with van der Waals surface area (Å²) in [6.45, 7) is 2.93. The molecule has 2 N–H and O–H groups in total. The number of nitriles is 1. The molecule has 24 heavy (non-hydrogen) atoms. The van der Waals surface area contributed by atoms with Crippen molar-refractivity contribution in [2.24, 2.45) is 0 Å². The van der Waals surface area contributed by atoms with Gasteiger partial charge in [0.1, 0.15) is 0 Å². The Labute approximate surface area is 147 Å². The summed E-state index contributed by atoms with van der Waals surface area (Å²) in [5.41, 5.74) is 2.97. The monoisotopic (exact) mass is 339 g/mol. The molecule has 0 aliphatic carbocycles. The van der Waals surface area contributed by atoms with Gasteiger partial charge in [0.15, 0.2) is 0 Å². The highest BCUT2D eigenvalue weighted by Gasteiger charge is 2.22. The van der Waals surface area contributed by atoms with E-state index in [1.807, 2.05) is 24.3 Å². The molecule has 4 nitrogen and oxygen atoms in total. The van der Waals surface area contributed by atoms with E-state index >= 15 is 0 Å². The second-order valence-electron chi connectivity index (χ2n) is 5.86. The lowest BCUT2D eigenvalue weighted by molar-refractivity contribution is 0.285. The highest BCUT2D eigenvalue weighted by Crippen LogP contribution is 2.29. The second kappa shape index (κ2) is 8.32. The fourth-order valence-corrected chi connectivity index (χ4v) is 3.85. The lowest BCUT2D eigenvalue weighted by Crippen LogP contribution is -2.33. The molecule has 1 heterocycles. The smallest absolute Gasteiger partial charge is 0.0991 e. The lowest BCUT2D eigenvalue weighted by atomic mass is 10.0. The van der Waals surface area contributed by atoms with Crippen LogP contribution in [0.25, 0.3) is 11.1 Å². The zero-order valence-electron chi connectivity index (χ0n) is 13.5. The van der Waals surface area contributed by atoms with Crippen molar-refractivity contribution in [1.29, 1.82) is 5.26 Å². The van der Waals surface area contributed by atoms with Gasteiger partial charge < -0.3 is 10.4 Å². The third-order valence-electron chi connectivity index (χ3n) is 4.13. The number of hydrogen-bond acceptors (Lipinski definition) is 5. The molecular formula is C19H21N3OS. The number of benzene rings is 2. The Kier molecular flexibility index (Phi) is 5.89. The Morgan fingerprint density at radius 1 is 1.12 bits per heavy atom. The summed E-state index contributed by atoms with van der Waals surface area (Å²) >= 11 is 1.79. The minimum atomic E-state index is 0.195. The van der Waals surface area contributed by atoms with Gasteiger partial charge in [-0.3, -0.25) is 0 Å². The van der Waals surface area contributed by atoms with Crippen molar-refractivity contribution < 1.29 is 5.11 Å². The van der Waals surface area contributed by atoms with Crippen LogP contribution in [-0.2, 0) is 0 Å². The van der Waals surface area contributed by atoms with Crippen LogP contribution in [-0.4, -0.2) is 41.7 Å². The van der Waals surface area contributed by atoms with E-state index in [0.717, 1.165) is 30.6 Å². The fourth-order valence-electron chi connectivity index (χ4n) is 2.84. The molecule has 0 aromatic heterocycles. The maximum atomic E-state index is 8.88. The molecule has 1 saturated heterocycles. The van der Waals surface area contributed by atoms with E-state index in [-0.39, 0.29) is 6.61 Å². The molecule has 5 heteroatoms. The van der Waals surface area contributed by atoms with Crippen molar-refractivity contribution in [3.8, 4) is 17.2 Å². The van der Waals surface area contributed by atoms with Gasteiger partial charge in [0.25, 0.3) is 0 Å². The van der Waals surface area contributed by atoms with Gasteiger partial charge in [-0.2, -0.15) is 5.26 Å². The number of rotatable bonds is 6. The van der Waals surface area contributed by atoms with Crippen LogP contribution in [0.1, 0.15) is 12.0 Å². The first kappa shape index (κ1) is 17.0. The lowest BCUT2D eigenvalue weighted by Gasteiger charge is -2.15. The van der Waals surface area contributed by atoms with Gasteiger partial charge in [0, 0.05) is 30.6 Å². The first-order chi connectivity index (χ1) is 11.8. The van der Waals surface area contributed by atoms with E-state index in [1.165, 1.54) is 4.90 Å². The van der Waals surface area contributed by atoms with Gasteiger partial charge in [0.2, 0.25) is 0 Å². The SMILES string of the molecule is N#Cc1ccc(-c2ccc(SN3CC[C@@H](NCCO)C3)cc2)cc1. The maximum Gasteiger partial charge on any atom is 0.0991 e. The predicted octanol–water partition coefficient (Wildman–Crippen LogP) is 2.89. The van der Waals surface area contributed by atoms with E-state index in [9.17, 15) is 0 Å². The van der Waals surface area contributed by atoms with Crippen molar-refractivity contribution >= 4 is 11.9 Å². The van der Waals surface area contributed by atoms with Gasteiger partial charge in [-0.25, -0.2) is 4.31 Å². The summed E-state index contributed by atoms with van der Waals surface area (Å²) in [4.78, 5) is 1.23. The van der Waals surface area contributed by atoms with Crippen LogP contribution >= 0.6 is 11.9 Å². The molecule has 0 amide bonds. The number of aliphatic hydroxyl groups excluding tert-OH is 1. The molecule has 1 aliphatic rings. The van der Waals surface area contributed by atoms with Crippen molar-refractivity contribution in [3.63, 3.8) is 0 Å². The van der Waals surface area contributed by atoms with E-state index in [0.29, 0.717) is 18.2 Å². The number of hydrogen-bond donors (Lipinski definition) is 2. The van der Waals surface area contributed by atoms with Crippen LogP contribution < -0.4 is 5.32 Å². The van der Waals surface area contributed by atoms with Crippen molar-refractivity contribution in [3.05, 3.63) is 54.1 Å². The van der Waals surface area contributed by atoms with Gasteiger partial charge in [-0.15, -0.1) is 0 Å². The van der Waals surface area contributed by atoms with Gasteiger partial charge in [-0.1, -0.05) is 24.3 Å². The third-order valence-corrected chi connectivity index (χ3v) is 5.20. The number of nitrogens with zero attached hydrogens (tertiary/aromatic N) is 2. The van der Waals surface area contributed by atoms with Crippen LogP contribution in [0.3, 0.4) is 0 Å². The van der Waals surface area contributed by atoms with E-state index in [2.05, 4.69) is 40.0 Å². The minimum absolute atomic E-state index is 0.195. The molecule has 2 aromatic carbocycles.